The number of aryl methyl sites for hydroxylation is 2. The molecule has 3 heterocycles. The number of morpholine rings is 2. The van der Waals surface area contributed by atoms with Crippen molar-refractivity contribution in [2.24, 2.45) is 0 Å². The third-order valence-corrected chi connectivity index (χ3v) is 6.14. The van der Waals surface area contributed by atoms with Gasteiger partial charge in [-0.3, -0.25) is 4.79 Å². The first-order valence-corrected chi connectivity index (χ1v) is 10.5. The second-order valence-electron chi connectivity index (χ2n) is 7.00. The van der Waals surface area contributed by atoms with E-state index in [1.54, 1.807) is 0 Å². The van der Waals surface area contributed by atoms with Crippen LogP contribution in [0.2, 0.25) is 0 Å². The molecule has 0 radical (unpaired) electrons. The summed E-state index contributed by atoms with van der Waals surface area (Å²) in [6.07, 6.45) is 0. The summed E-state index contributed by atoms with van der Waals surface area (Å²) in [5, 5.41) is 4.02. The maximum Gasteiger partial charge on any atom is 0.267 e. The van der Waals surface area contributed by atoms with Gasteiger partial charge in [-0.05, 0) is 32.0 Å². The van der Waals surface area contributed by atoms with Crippen molar-refractivity contribution in [1.29, 1.82) is 0 Å². The Kier molecular flexibility index (Phi) is 5.79. The van der Waals surface area contributed by atoms with Crippen LogP contribution in [0.5, 0.6) is 0 Å². The van der Waals surface area contributed by atoms with Gasteiger partial charge in [-0.1, -0.05) is 0 Å². The summed E-state index contributed by atoms with van der Waals surface area (Å²) in [5.74, 6) is -0.100. The fourth-order valence-corrected chi connectivity index (χ4v) is 4.45. The van der Waals surface area contributed by atoms with E-state index >= 15 is 0 Å². The van der Waals surface area contributed by atoms with E-state index in [0.29, 0.717) is 18.1 Å². The molecular formula is C20H26N4O3S. The van der Waals surface area contributed by atoms with E-state index in [4.69, 9.17) is 9.47 Å². The van der Waals surface area contributed by atoms with E-state index in [1.807, 2.05) is 19.9 Å². The van der Waals surface area contributed by atoms with Gasteiger partial charge in [0, 0.05) is 31.9 Å². The van der Waals surface area contributed by atoms with Crippen molar-refractivity contribution in [3.8, 4) is 0 Å². The second-order valence-corrected chi connectivity index (χ2v) is 8.21. The topological polar surface area (TPSA) is 66.9 Å². The molecule has 0 saturated carbocycles. The number of ether oxygens (including phenoxy) is 2. The van der Waals surface area contributed by atoms with E-state index in [9.17, 15) is 4.79 Å². The lowest BCUT2D eigenvalue weighted by Crippen LogP contribution is -2.38. The molecule has 7 nitrogen and oxygen atoms in total. The van der Waals surface area contributed by atoms with Crippen molar-refractivity contribution in [3.05, 3.63) is 33.8 Å². The van der Waals surface area contributed by atoms with Crippen LogP contribution in [0.25, 0.3) is 0 Å². The predicted octanol–water partition coefficient (Wildman–Crippen LogP) is 2.69. The lowest BCUT2D eigenvalue weighted by atomic mass is 10.1. The van der Waals surface area contributed by atoms with Gasteiger partial charge in [0.25, 0.3) is 5.91 Å². The highest BCUT2D eigenvalue weighted by molar-refractivity contribution is 7.13. The highest BCUT2D eigenvalue weighted by atomic mass is 32.1. The van der Waals surface area contributed by atoms with Gasteiger partial charge in [0.1, 0.15) is 4.88 Å². The zero-order valence-corrected chi connectivity index (χ0v) is 17.2. The number of aromatic nitrogens is 1. The highest BCUT2D eigenvalue weighted by Gasteiger charge is 2.21. The minimum atomic E-state index is -0.100. The van der Waals surface area contributed by atoms with Crippen LogP contribution in [0.4, 0.5) is 17.1 Å². The molecule has 0 bridgehead atoms. The number of nitrogens with zero attached hydrogens (tertiary/aromatic N) is 3. The zero-order valence-electron chi connectivity index (χ0n) is 16.4. The lowest BCUT2D eigenvalue weighted by Gasteiger charge is -2.33. The molecule has 0 unspecified atom stereocenters. The Morgan fingerprint density at radius 3 is 2.29 bits per heavy atom. The Bertz CT molecular complexity index is 842. The highest BCUT2D eigenvalue weighted by Crippen LogP contribution is 2.33. The van der Waals surface area contributed by atoms with Crippen LogP contribution in [0.15, 0.2) is 18.2 Å². The summed E-state index contributed by atoms with van der Waals surface area (Å²) in [6, 6.07) is 6.27. The summed E-state index contributed by atoms with van der Waals surface area (Å²) in [7, 11) is 0. The molecule has 1 amide bonds. The van der Waals surface area contributed by atoms with Crippen molar-refractivity contribution < 1.29 is 14.3 Å². The van der Waals surface area contributed by atoms with Crippen LogP contribution in [0.3, 0.4) is 0 Å². The molecule has 0 atom stereocenters. The van der Waals surface area contributed by atoms with E-state index < -0.39 is 0 Å². The Labute approximate surface area is 169 Å². The lowest BCUT2D eigenvalue weighted by molar-refractivity contribution is 0.102. The third kappa shape index (κ3) is 4.14. The number of anilines is 3. The minimum absolute atomic E-state index is 0.100. The normalized spacial score (nSPS) is 17.6. The van der Waals surface area contributed by atoms with Crippen LogP contribution in [0, 0.1) is 13.8 Å². The molecule has 28 heavy (non-hydrogen) atoms. The molecule has 4 rings (SSSR count). The molecule has 1 aromatic carbocycles. The number of carbonyl (C=O) groups is 1. The van der Waals surface area contributed by atoms with Crippen molar-refractivity contribution in [1.82, 2.24) is 4.98 Å². The first-order chi connectivity index (χ1) is 13.6. The first kappa shape index (κ1) is 19.2. The van der Waals surface area contributed by atoms with Gasteiger partial charge < -0.3 is 24.6 Å². The van der Waals surface area contributed by atoms with Crippen LogP contribution < -0.4 is 15.1 Å². The molecule has 8 heteroatoms. The Hall–Kier alpha value is -2.16. The van der Waals surface area contributed by atoms with Crippen LogP contribution in [0.1, 0.15) is 20.4 Å². The Morgan fingerprint density at radius 2 is 1.68 bits per heavy atom. The molecule has 1 aromatic heterocycles. The average molecular weight is 403 g/mol. The van der Waals surface area contributed by atoms with E-state index in [0.717, 1.165) is 67.2 Å². The number of carbonyl (C=O) groups excluding carboxylic acids is 1. The fourth-order valence-electron chi connectivity index (χ4n) is 3.63. The summed E-state index contributed by atoms with van der Waals surface area (Å²) < 4.78 is 11.0. The van der Waals surface area contributed by atoms with Crippen molar-refractivity contribution in [3.63, 3.8) is 0 Å². The SMILES string of the molecule is Cc1nc(C)c(C(=O)Nc2ccc(N3CCOCC3)cc2N2CCOCC2)s1. The molecular weight excluding hydrogens is 376 g/mol. The van der Waals surface area contributed by atoms with Crippen LogP contribution in [-0.4, -0.2) is 63.5 Å². The average Bonchev–Trinajstić information content (AvgIpc) is 3.08. The van der Waals surface area contributed by atoms with E-state index in [1.165, 1.54) is 11.3 Å². The quantitative estimate of drug-likeness (QED) is 0.848. The molecule has 2 aromatic rings. The van der Waals surface area contributed by atoms with Crippen LogP contribution in [-0.2, 0) is 9.47 Å². The number of amides is 1. The third-order valence-electron chi connectivity index (χ3n) is 5.07. The molecule has 0 spiro atoms. The van der Waals surface area contributed by atoms with Gasteiger partial charge >= 0.3 is 0 Å². The van der Waals surface area contributed by atoms with Gasteiger partial charge in [-0.25, -0.2) is 4.98 Å². The first-order valence-electron chi connectivity index (χ1n) is 9.66. The van der Waals surface area contributed by atoms with E-state index in [2.05, 4.69) is 32.2 Å². The smallest absolute Gasteiger partial charge is 0.267 e. The molecule has 1 N–H and O–H groups in total. The number of nitrogens with one attached hydrogen (secondary N) is 1. The van der Waals surface area contributed by atoms with Gasteiger partial charge in [-0.2, -0.15) is 0 Å². The number of rotatable bonds is 4. The molecule has 2 aliphatic heterocycles. The van der Waals surface area contributed by atoms with Crippen molar-refractivity contribution >= 4 is 34.3 Å². The van der Waals surface area contributed by atoms with Gasteiger partial charge in [0.15, 0.2) is 0 Å². The summed E-state index contributed by atoms with van der Waals surface area (Å²) >= 11 is 1.43. The minimum Gasteiger partial charge on any atom is -0.378 e. The van der Waals surface area contributed by atoms with Gasteiger partial charge in [0.2, 0.25) is 0 Å². The predicted molar refractivity (Wildman–Crippen MR) is 112 cm³/mol. The van der Waals surface area contributed by atoms with Crippen molar-refractivity contribution in [2.45, 2.75) is 13.8 Å². The molecule has 2 aliphatic rings. The molecule has 0 aliphatic carbocycles. The van der Waals surface area contributed by atoms with Gasteiger partial charge in [-0.15, -0.1) is 11.3 Å². The number of hydrogen-bond acceptors (Lipinski definition) is 7. The number of hydrogen-bond donors (Lipinski definition) is 1. The number of benzene rings is 1. The van der Waals surface area contributed by atoms with Gasteiger partial charge in [0.05, 0.1) is 48.5 Å². The zero-order chi connectivity index (χ0) is 19.5. The maximum atomic E-state index is 12.9. The Balaban J connectivity index is 1.62. The monoisotopic (exact) mass is 402 g/mol. The maximum absolute atomic E-state index is 12.9. The van der Waals surface area contributed by atoms with Crippen molar-refractivity contribution in [2.75, 3.05) is 67.7 Å². The summed E-state index contributed by atoms with van der Waals surface area (Å²) in [4.78, 5) is 22.5. The van der Waals surface area contributed by atoms with E-state index in [-0.39, 0.29) is 5.91 Å². The largest absolute Gasteiger partial charge is 0.378 e. The Morgan fingerprint density at radius 1 is 1.04 bits per heavy atom. The van der Waals surface area contributed by atoms with Crippen LogP contribution >= 0.6 is 11.3 Å². The molecule has 2 fully saturated rings. The fraction of sp³-hybridized carbons (Fsp3) is 0.500. The number of thiazole rings is 1. The standard InChI is InChI=1S/C20H26N4O3S/c1-14-19(28-15(2)21-14)20(25)22-17-4-3-16(23-5-9-26-10-6-23)13-18(17)24-7-11-27-12-8-24/h3-4,13H,5-12H2,1-2H3,(H,22,25). The molecule has 2 saturated heterocycles. The molecule has 150 valence electrons. The second kappa shape index (κ2) is 8.46. The summed E-state index contributed by atoms with van der Waals surface area (Å²) in [5.41, 5.74) is 3.80. The summed E-state index contributed by atoms with van der Waals surface area (Å²) in [6.45, 7) is 10.1.